The van der Waals surface area contributed by atoms with E-state index in [1.54, 1.807) is 15.8 Å². The van der Waals surface area contributed by atoms with Crippen molar-refractivity contribution in [3.8, 4) is 0 Å². The molecule has 1 N–H and O–H groups in total. The number of aromatic nitrogens is 2. The Labute approximate surface area is 172 Å². The molecule has 1 amide bonds. The third-order valence-electron chi connectivity index (χ3n) is 4.85. The monoisotopic (exact) mass is 475 g/mol. The molecule has 2 saturated heterocycles. The van der Waals surface area contributed by atoms with E-state index in [1.165, 1.54) is 6.42 Å². The molecule has 0 bridgehead atoms. The molecule has 9 heteroatoms. The first-order chi connectivity index (χ1) is 12.1. The summed E-state index contributed by atoms with van der Waals surface area (Å²) in [7, 11) is 4.02. The van der Waals surface area contributed by atoms with Crippen molar-refractivity contribution in [2.75, 3.05) is 57.8 Å². The Balaban J connectivity index is 0.00000243. The van der Waals surface area contributed by atoms with Gasteiger partial charge in [0.2, 0.25) is 5.91 Å². The van der Waals surface area contributed by atoms with Gasteiger partial charge in [-0.25, -0.2) is 0 Å². The van der Waals surface area contributed by atoms with Crippen LogP contribution >= 0.6 is 24.0 Å². The Morgan fingerprint density at radius 3 is 2.73 bits per heavy atom. The Morgan fingerprint density at radius 2 is 2.15 bits per heavy atom. The summed E-state index contributed by atoms with van der Waals surface area (Å²) in [6.07, 6.45) is 4.82. The molecule has 1 aromatic heterocycles. The zero-order chi connectivity index (χ0) is 17.8. The van der Waals surface area contributed by atoms with Crippen molar-refractivity contribution in [2.24, 2.45) is 18.0 Å². The SMILES string of the molecule is CCNC(=NCC1CCN(C)C1)N1CCN(c2cnn(C)c2)C(=O)C1.I. The summed E-state index contributed by atoms with van der Waals surface area (Å²) < 4.78 is 1.72. The number of nitrogens with one attached hydrogen (secondary N) is 1. The summed E-state index contributed by atoms with van der Waals surface area (Å²) in [5.74, 6) is 1.56. The van der Waals surface area contributed by atoms with Crippen LogP contribution in [0.4, 0.5) is 5.69 Å². The zero-order valence-corrected chi connectivity index (χ0v) is 18.2. The highest BCUT2D eigenvalue weighted by Crippen LogP contribution is 2.17. The van der Waals surface area contributed by atoms with Crippen LogP contribution in [-0.4, -0.2) is 84.3 Å². The highest BCUT2D eigenvalue weighted by atomic mass is 127. The number of hydrogen-bond acceptors (Lipinski definition) is 4. The number of carbonyl (C=O) groups is 1. The van der Waals surface area contributed by atoms with Gasteiger partial charge in [-0.05, 0) is 32.9 Å². The minimum Gasteiger partial charge on any atom is -0.357 e. The lowest BCUT2D eigenvalue weighted by Crippen LogP contribution is -2.55. The summed E-state index contributed by atoms with van der Waals surface area (Å²) in [5, 5.41) is 7.50. The highest BCUT2D eigenvalue weighted by Gasteiger charge is 2.28. The molecule has 0 spiro atoms. The van der Waals surface area contributed by atoms with Crippen molar-refractivity contribution in [1.82, 2.24) is 24.9 Å². The van der Waals surface area contributed by atoms with Crippen LogP contribution in [-0.2, 0) is 11.8 Å². The number of aliphatic imine (C=N–C) groups is 1. The molecule has 2 fully saturated rings. The Kier molecular flexibility index (Phi) is 7.69. The maximum atomic E-state index is 12.6. The first-order valence-corrected chi connectivity index (χ1v) is 9.07. The van der Waals surface area contributed by atoms with E-state index in [2.05, 4.69) is 34.2 Å². The number of carbonyl (C=O) groups excluding carboxylic acids is 1. The van der Waals surface area contributed by atoms with Crippen LogP contribution in [0, 0.1) is 5.92 Å². The Hall–Kier alpha value is -1.36. The van der Waals surface area contributed by atoms with Crippen molar-refractivity contribution >= 4 is 41.5 Å². The van der Waals surface area contributed by atoms with Crippen LogP contribution in [0.2, 0.25) is 0 Å². The van der Waals surface area contributed by atoms with E-state index >= 15 is 0 Å². The van der Waals surface area contributed by atoms with Gasteiger partial charge in [0.05, 0.1) is 11.9 Å². The second-order valence-corrected chi connectivity index (χ2v) is 6.95. The molecule has 3 heterocycles. The van der Waals surface area contributed by atoms with E-state index in [-0.39, 0.29) is 29.9 Å². The van der Waals surface area contributed by atoms with Gasteiger partial charge in [-0.3, -0.25) is 14.5 Å². The van der Waals surface area contributed by atoms with Gasteiger partial charge in [-0.15, -0.1) is 24.0 Å². The van der Waals surface area contributed by atoms with Gasteiger partial charge < -0.3 is 20.0 Å². The molecule has 2 aliphatic rings. The molecule has 2 aliphatic heterocycles. The van der Waals surface area contributed by atoms with Crippen molar-refractivity contribution in [3.63, 3.8) is 0 Å². The maximum absolute atomic E-state index is 12.6. The van der Waals surface area contributed by atoms with Gasteiger partial charge >= 0.3 is 0 Å². The fourth-order valence-electron chi connectivity index (χ4n) is 3.49. The van der Waals surface area contributed by atoms with E-state index in [1.807, 2.05) is 13.2 Å². The molecular formula is C17H30IN7O. The lowest BCUT2D eigenvalue weighted by molar-refractivity contribution is -0.120. The summed E-state index contributed by atoms with van der Waals surface area (Å²) in [6, 6.07) is 0. The number of halogens is 1. The van der Waals surface area contributed by atoms with Gasteiger partial charge in [-0.2, -0.15) is 5.10 Å². The number of rotatable bonds is 4. The predicted octanol–water partition coefficient (Wildman–Crippen LogP) is 0.604. The quantitative estimate of drug-likeness (QED) is 0.393. The number of guanidine groups is 1. The third kappa shape index (κ3) is 5.09. The van der Waals surface area contributed by atoms with Crippen LogP contribution in [0.5, 0.6) is 0 Å². The number of likely N-dealkylation sites (tertiary alicyclic amines) is 1. The second kappa shape index (κ2) is 9.54. The number of piperazine rings is 1. The molecular weight excluding hydrogens is 445 g/mol. The first-order valence-electron chi connectivity index (χ1n) is 9.07. The molecule has 3 rings (SSSR count). The van der Waals surface area contributed by atoms with Gasteiger partial charge in [0, 0.05) is 46.0 Å². The van der Waals surface area contributed by atoms with E-state index in [4.69, 9.17) is 4.99 Å². The van der Waals surface area contributed by atoms with Crippen molar-refractivity contribution in [1.29, 1.82) is 0 Å². The Morgan fingerprint density at radius 1 is 1.35 bits per heavy atom. The molecule has 1 unspecified atom stereocenters. The van der Waals surface area contributed by atoms with Gasteiger partial charge in [0.25, 0.3) is 0 Å². The molecule has 0 aromatic carbocycles. The second-order valence-electron chi connectivity index (χ2n) is 6.95. The van der Waals surface area contributed by atoms with Gasteiger partial charge in [-0.1, -0.05) is 0 Å². The molecule has 146 valence electrons. The minimum atomic E-state index is 0. The standard InChI is InChI=1S/C17H29N7O.HI/c1-4-18-17(19-9-14-5-6-21(2)11-14)23-7-8-24(16(25)13-23)15-10-20-22(3)12-15;/h10,12,14H,4-9,11,13H2,1-3H3,(H,18,19);1H. The number of hydrogen-bond donors (Lipinski definition) is 1. The van der Waals surface area contributed by atoms with Crippen LogP contribution in [0.25, 0.3) is 0 Å². The lowest BCUT2D eigenvalue weighted by atomic mass is 10.1. The average Bonchev–Trinajstić information content (AvgIpc) is 3.19. The summed E-state index contributed by atoms with van der Waals surface area (Å²) in [6.45, 7) is 7.73. The van der Waals surface area contributed by atoms with E-state index in [0.29, 0.717) is 19.0 Å². The van der Waals surface area contributed by atoms with E-state index in [9.17, 15) is 4.79 Å². The Bertz CT molecular complexity index is 632. The van der Waals surface area contributed by atoms with E-state index in [0.717, 1.165) is 44.4 Å². The van der Waals surface area contributed by atoms with Crippen LogP contribution in [0.3, 0.4) is 0 Å². The number of aryl methyl sites for hydroxylation is 1. The molecule has 0 radical (unpaired) electrons. The van der Waals surface area contributed by atoms with Crippen LogP contribution < -0.4 is 10.2 Å². The van der Waals surface area contributed by atoms with E-state index < -0.39 is 0 Å². The third-order valence-corrected chi connectivity index (χ3v) is 4.85. The smallest absolute Gasteiger partial charge is 0.246 e. The molecule has 1 aromatic rings. The number of nitrogens with zero attached hydrogens (tertiary/aromatic N) is 6. The summed E-state index contributed by atoms with van der Waals surface area (Å²) in [5.41, 5.74) is 0.864. The zero-order valence-electron chi connectivity index (χ0n) is 15.9. The first kappa shape index (κ1) is 20.9. The lowest BCUT2D eigenvalue weighted by Gasteiger charge is -2.35. The van der Waals surface area contributed by atoms with Crippen molar-refractivity contribution in [3.05, 3.63) is 12.4 Å². The fourth-order valence-corrected chi connectivity index (χ4v) is 3.49. The van der Waals surface area contributed by atoms with Crippen LogP contribution in [0.1, 0.15) is 13.3 Å². The minimum absolute atomic E-state index is 0. The topological polar surface area (TPSA) is 69.0 Å². The van der Waals surface area contributed by atoms with Crippen molar-refractivity contribution < 1.29 is 4.79 Å². The molecule has 8 nitrogen and oxygen atoms in total. The number of anilines is 1. The molecule has 0 saturated carbocycles. The molecule has 26 heavy (non-hydrogen) atoms. The van der Waals surface area contributed by atoms with Crippen LogP contribution in [0.15, 0.2) is 17.4 Å². The maximum Gasteiger partial charge on any atom is 0.246 e. The largest absolute Gasteiger partial charge is 0.357 e. The highest BCUT2D eigenvalue weighted by molar-refractivity contribution is 14.0. The van der Waals surface area contributed by atoms with Crippen molar-refractivity contribution in [2.45, 2.75) is 13.3 Å². The predicted molar refractivity (Wildman–Crippen MR) is 114 cm³/mol. The summed E-state index contributed by atoms with van der Waals surface area (Å²) in [4.78, 5) is 23.6. The van der Waals surface area contributed by atoms with Gasteiger partial charge in [0.15, 0.2) is 5.96 Å². The molecule has 0 aliphatic carbocycles. The summed E-state index contributed by atoms with van der Waals surface area (Å²) >= 11 is 0. The normalized spacial score (nSPS) is 21.9. The molecule has 1 atom stereocenters. The van der Waals surface area contributed by atoms with Gasteiger partial charge in [0.1, 0.15) is 6.54 Å². The average molecular weight is 475 g/mol. The number of amides is 1. The fraction of sp³-hybridized carbons (Fsp3) is 0.706.